The van der Waals surface area contributed by atoms with E-state index in [1.165, 1.54) is 6.08 Å². The molecule has 0 unspecified atom stereocenters. The highest BCUT2D eigenvalue weighted by Crippen LogP contribution is 2.27. The Labute approximate surface area is 159 Å². The van der Waals surface area contributed by atoms with Gasteiger partial charge in [0.15, 0.2) is 0 Å². The largest absolute Gasteiger partial charge is 0.457 e. The fraction of sp³-hybridized carbons (Fsp3) is 0.0500. The Kier molecular flexibility index (Phi) is 5.41. The van der Waals surface area contributed by atoms with E-state index in [1.54, 1.807) is 6.08 Å². The number of aryl methyl sites for hydroxylation is 1. The van der Waals surface area contributed by atoms with Gasteiger partial charge in [0, 0.05) is 21.1 Å². The fourth-order valence-corrected chi connectivity index (χ4v) is 2.80. The van der Waals surface area contributed by atoms with Crippen molar-refractivity contribution in [3.05, 3.63) is 81.5 Å². The zero-order valence-electron chi connectivity index (χ0n) is 13.4. The average Bonchev–Trinajstić information content (AvgIpc) is 3.07. The molecule has 1 N–H and O–H groups in total. The summed E-state index contributed by atoms with van der Waals surface area (Å²) in [6.45, 7) is 1.95. The lowest BCUT2D eigenvalue weighted by molar-refractivity contribution is -0.111. The normalized spacial score (nSPS) is 11.0. The van der Waals surface area contributed by atoms with Crippen molar-refractivity contribution in [1.82, 2.24) is 0 Å². The summed E-state index contributed by atoms with van der Waals surface area (Å²) in [5.74, 6) is 1.06. The molecule has 0 aliphatic carbocycles. The van der Waals surface area contributed by atoms with Crippen LogP contribution in [0.15, 0.2) is 69.6 Å². The van der Waals surface area contributed by atoms with Gasteiger partial charge in [0.2, 0.25) is 5.91 Å². The van der Waals surface area contributed by atoms with E-state index in [1.807, 2.05) is 61.5 Å². The van der Waals surface area contributed by atoms with Gasteiger partial charge in [0.05, 0.1) is 5.69 Å². The van der Waals surface area contributed by atoms with Gasteiger partial charge in [-0.2, -0.15) is 0 Å². The van der Waals surface area contributed by atoms with Gasteiger partial charge < -0.3 is 9.73 Å². The molecular formula is C20H15BrClNO2. The molecule has 0 radical (unpaired) electrons. The standard InChI is InChI=1S/C20H15BrClNO2/c1-13-6-7-14(12-17(13)22)19-10-8-15(25-19)9-11-20(24)23-18-5-3-2-4-16(18)21/h2-12H,1H3,(H,23,24)/b11-9+. The molecule has 0 saturated carbocycles. The number of furan rings is 1. The van der Waals surface area contributed by atoms with Crippen LogP contribution in [0.3, 0.4) is 0 Å². The quantitative estimate of drug-likeness (QED) is 0.505. The maximum absolute atomic E-state index is 12.0. The van der Waals surface area contributed by atoms with Crippen molar-refractivity contribution in [2.24, 2.45) is 0 Å². The van der Waals surface area contributed by atoms with Gasteiger partial charge >= 0.3 is 0 Å². The smallest absolute Gasteiger partial charge is 0.248 e. The van der Waals surface area contributed by atoms with E-state index in [2.05, 4.69) is 21.2 Å². The van der Waals surface area contributed by atoms with E-state index in [-0.39, 0.29) is 5.91 Å². The first-order chi connectivity index (χ1) is 12.0. The van der Waals surface area contributed by atoms with Crippen LogP contribution in [-0.4, -0.2) is 5.91 Å². The maximum atomic E-state index is 12.0. The number of para-hydroxylation sites is 1. The third-order valence-corrected chi connectivity index (χ3v) is 4.71. The van der Waals surface area contributed by atoms with Gasteiger partial charge in [-0.25, -0.2) is 0 Å². The second-order valence-electron chi connectivity index (χ2n) is 5.47. The number of halogens is 2. The summed E-state index contributed by atoms with van der Waals surface area (Å²) in [6, 6.07) is 16.9. The van der Waals surface area contributed by atoms with Crippen LogP contribution in [0.1, 0.15) is 11.3 Å². The highest BCUT2D eigenvalue weighted by atomic mass is 79.9. The molecule has 2 aromatic carbocycles. The first kappa shape index (κ1) is 17.5. The molecule has 0 bridgehead atoms. The molecule has 0 aliphatic rings. The highest BCUT2D eigenvalue weighted by molar-refractivity contribution is 9.10. The molecule has 1 amide bonds. The molecule has 25 heavy (non-hydrogen) atoms. The maximum Gasteiger partial charge on any atom is 0.248 e. The van der Waals surface area contributed by atoms with Gasteiger partial charge in [0.1, 0.15) is 11.5 Å². The van der Waals surface area contributed by atoms with Crippen molar-refractivity contribution in [3.63, 3.8) is 0 Å². The molecular weight excluding hydrogens is 402 g/mol. The first-order valence-corrected chi connectivity index (χ1v) is 8.80. The summed E-state index contributed by atoms with van der Waals surface area (Å²) in [5, 5.41) is 3.49. The van der Waals surface area contributed by atoms with Crippen molar-refractivity contribution >= 4 is 45.2 Å². The number of benzene rings is 2. The topological polar surface area (TPSA) is 42.2 Å². The van der Waals surface area contributed by atoms with Gasteiger partial charge in [-0.15, -0.1) is 0 Å². The van der Waals surface area contributed by atoms with Crippen LogP contribution in [0.25, 0.3) is 17.4 Å². The number of carbonyl (C=O) groups is 1. The van der Waals surface area contributed by atoms with E-state index >= 15 is 0 Å². The first-order valence-electron chi connectivity index (χ1n) is 7.63. The predicted octanol–water partition coefficient (Wildman–Crippen LogP) is 6.32. The number of hydrogen-bond donors (Lipinski definition) is 1. The minimum absolute atomic E-state index is 0.233. The van der Waals surface area contributed by atoms with Crippen molar-refractivity contribution in [2.75, 3.05) is 5.32 Å². The Morgan fingerprint density at radius 3 is 2.72 bits per heavy atom. The van der Waals surface area contributed by atoms with Crippen LogP contribution in [-0.2, 0) is 4.79 Å². The molecule has 0 spiro atoms. The number of nitrogens with one attached hydrogen (secondary N) is 1. The van der Waals surface area contributed by atoms with Gasteiger partial charge in [-0.05, 0) is 64.8 Å². The predicted molar refractivity (Wildman–Crippen MR) is 106 cm³/mol. The SMILES string of the molecule is Cc1ccc(-c2ccc(/C=C/C(=O)Nc3ccccc3Br)o2)cc1Cl. The lowest BCUT2D eigenvalue weighted by Crippen LogP contribution is -2.07. The molecule has 126 valence electrons. The molecule has 0 saturated heterocycles. The molecule has 0 aliphatic heterocycles. The highest BCUT2D eigenvalue weighted by Gasteiger charge is 2.06. The molecule has 1 heterocycles. The zero-order valence-corrected chi connectivity index (χ0v) is 15.8. The zero-order chi connectivity index (χ0) is 17.8. The Morgan fingerprint density at radius 2 is 1.96 bits per heavy atom. The second-order valence-corrected chi connectivity index (χ2v) is 6.73. The monoisotopic (exact) mass is 415 g/mol. The number of amides is 1. The van der Waals surface area contributed by atoms with Crippen LogP contribution in [0.5, 0.6) is 0 Å². The molecule has 3 nitrogen and oxygen atoms in total. The lowest BCUT2D eigenvalue weighted by Gasteiger charge is -2.03. The van der Waals surface area contributed by atoms with Gasteiger partial charge in [-0.3, -0.25) is 4.79 Å². The van der Waals surface area contributed by atoms with Gasteiger partial charge in [0.25, 0.3) is 0 Å². The summed E-state index contributed by atoms with van der Waals surface area (Å²) >= 11 is 9.54. The van der Waals surface area contributed by atoms with Crippen molar-refractivity contribution < 1.29 is 9.21 Å². The Bertz CT molecular complexity index is 946. The summed E-state index contributed by atoms with van der Waals surface area (Å²) in [5.41, 5.74) is 2.63. The van der Waals surface area contributed by atoms with Crippen molar-refractivity contribution in [2.45, 2.75) is 6.92 Å². The number of rotatable bonds is 4. The minimum Gasteiger partial charge on any atom is -0.457 e. The average molecular weight is 417 g/mol. The Morgan fingerprint density at radius 1 is 1.16 bits per heavy atom. The molecule has 3 rings (SSSR count). The number of carbonyl (C=O) groups excluding carboxylic acids is 1. The molecule has 0 atom stereocenters. The van der Waals surface area contributed by atoms with Crippen LogP contribution in [0.4, 0.5) is 5.69 Å². The van der Waals surface area contributed by atoms with Crippen LogP contribution < -0.4 is 5.32 Å². The number of anilines is 1. The summed E-state index contributed by atoms with van der Waals surface area (Å²) in [4.78, 5) is 12.0. The van der Waals surface area contributed by atoms with Crippen LogP contribution in [0, 0.1) is 6.92 Å². The third kappa shape index (κ3) is 4.41. The van der Waals surface area contributed by atoms with Crippen molar-refractivity contribution in [1.29, 1.82) is 0 Å². The minimum atomic E-state index is -0.233. The van der Waals surface area contributed by atoms with E-state index in [0.29, 0.717) is 22.2 Å². The molecule has 1 aromatic heterocycles. The fourth-order valence-electron chi connectivity index (χ4n) is 2.24. The summed E-state index contributed by atoms with van der Waals surface area (Å²) in [7, 11) is 0. The van der Waals surface area contributed by atoms with Crippen LogP contribution in [0.2, 0.25) is 5.02 Å². The van der Waals surface area contributed by atoms with Gasteiger partial charge in [-0.1, -0.05) is 35.9 Å². The molecule has 5 heteroatoms. The summed E-state index contributed by atoms with van der Waals surface area (Å²) < 4.78 is 6.58. The van der Waals surface area contributed by atoms with E-state index < -0.39 is 0 Å². The van der Waals surface area contributed by atoms with E-state index in [9.17, 15) is 4.79 Å². The third-order valence-electron chi connectivity index (χ3n) is 3.61. The second kappa shape index (κ2) is 7.72. The van der Waals surface area contributed by atoms with Crippen LogP contribution >= 0.6 is 27.5 Å². The Hall–Kier alpha value is -2.30. The van der Waals surface area contributed by atoms with Crippen molar-refractivity contribution in [3.8, 4) is 11.3 Å². The lowest BCUT2D eigenvalue weighted by atomic mass is 10.1. The molecule has 0 fully saturated rings. The van der Waals surface area contributed by atoms with E-state index in [4.69, 9.17) is 16.0 Å². The van der Waals surface area contributed by atoms with E-state index in [0.717, 1.165) is 15.6 Å². The molecule has 3 aromatic rings. The Balaban J connectivity index is 1.70. The number of hydrogen-bond acceptors (Lipinski definition) is 2. The summed E-state index contributed by atoms with van der Waals surface area (Å²) in [6.07, 6.45) is 3.07.